The molecule has 1 atom stereocenters. The van der Waals surface area contributed by atoms with Crippen molar-refractivity contribution in [1.82, 2.24) is 15.3 Å². The van der Waals surface area contributed by atoms with Gasteiger partial charge in [-0.3, -0.25) is 0 Å². The van der Waals surface area contributed by atoms with E-state index in [1.165, 1.54) is 5.69 Å². The molecule has 0 radical (unpaired) electrons. The average molecular weight is 248 g/mol. The van der Waals surface area contributed by atoms with Crippen LogP contribution >= 0.6 is 0 Å². The Balaban J connectivity index is 2.20. The molecule has 1 aliphatic heterocycles. The molecule has 1 saturated heterocycles. The van der Waals surface area contributed by atoms with E-state index in [2.05, 4.69) is 47.0 Å². The molecule has 18 heavy (non-hydrogen) atoms. The highest BCUT2D eigenvalue weighted by Gasteiger charge is 2.20. The Bertz CT molecular complexity index is 376. The third kappa shape index (κ3) is 2.80. The summed E-state index contributed by atoms with van der Waals surface area (Å²) in [6, 6.07) is 2.68. The highest BCUT2D eigenvalue weighted by Crippen LogP contribution is 2.24. The summed E-state index contributed by atoms with van der Waals surface area (Å²) in [5, 5.41) is 3.41. The minimum absolute atomic E-state index is 0.503. The molecule has 4 heteroatoms. The fourth-order valence-electron chi connectivity index (χ4n) is 2.63. The molecule has 0 spiro atoms. The van der Waals surface area contributed by atoms with Gasteiger partial charge in [-0.2, -0.15) is 0 Å². The standard InChI is InChI=1S/C14H24N4/c1-4-12(5-2)13-8-14(17-10-16-13)18-7-6-15-9-11(18)3/h8,10-12,15H,4-7,9H2,1-3H3/t11-/m0/s1. The maximum atomic E-state index is 4.45. The lowest BCUT2D eigenvalue weighted by atomic mass is 9.99. The van der Waals surface area contributed by atoms with Gasteiger partial charge in [0, 0.05) is 43.4 Å². The van der Waals surface area contributed by atoms with Crippen LogP contribution in [-0.4, -0.2) is 35.6 Å². The lowest BCUT2D eigenvalue weighted by Gasteiger charge is -2.35. The van der Waals surface area contributed by atoms with Gasteiger partial charge in [0.25, 0.3) is 0 Å². The van der Waals surface area contributed by atoms with Crippen LogP contribution in [0.5, 0.6) is 0 Å². The Morgan fingerprint density at radius 2 is 2.17 bits per heavy atom. The van der Waals surface area contributed by atoms with Crippen LogP contribution in [0.4, 0.5) is 5.82 Å². The molecule has 0 amide bonds. The molecule has 1 N–H and O–H groups in total. The van der Waals surface area contributed by atoms with E-state index in [1.54, 1.807) is 6.33 Å². The first-order valence-corrected chi connectivity index (χ1v) is 7.05. The van der Waals surface area contributed by atoms with Gasteiger partial charge in [-0.05, 0) is 19.8 Å². The van der Waals surface area contributed by atoms with Gasteiger partial charge in [0.1, 0.15) is 12.1 Å². The van der Waals surface area contributed by atoms with Crippen LogP contribution in [0.1, 0.15) is 45.2 Å². The number of rotatable bonds is 4. The molecule has 2 heterocycles. The van der Waals surface area contributed by atoms with Crippen LogP contribution < -0.4 is 10.2 Å². The number of nitrogens with zero attached hydrogens (tertiary/aromatic N) is 3. The predicted octanol–water partition coefficient (Wildman–Crippen LogP) is 2.18. The Hall–Kier alpha value is -1.16. The zero-order valence-electron chi connectivity index (χ0n) is 11.7. The Kier molecular flexibility index (Phi) is 4.53. The molecular formula is C14H24N4. The van der Waals surface area contributed by atoms with E-state index in [4.69, 9.17) is 0 Å². The molecule has 1 fully saturated rings. The largest absolute Gasteiger partial charge is 0.351 e. The van der Waals surface area contributed by atoms with Crippen molar-refractivity contribution in [2.45, 2.75) is 45.6 Å². The molecule has 0 unspecified atom stereocenters. The minimum atomic E-state index is 0.503. The first-order valence-electron chi connectivity index (χ1n) is 7.05. The second-order valence-corrected chi connectivity index (χ2v) is 5.06. The van der Waals surface area contributed by atoms with Gasteiger partial charge >= 0.3 is 0 Å². The zero-order chi connectivity index (χ0) is 13.0. The predicted molar refractivity (Wildman–Crippen MR) is 75.0 cm³/mol. The second kappa shape index (κ2) is 6.14. The van der Waals surface area contributed by atoms with E-state index in [1.807, 2.05) is 0 Å². The lowest BCUT2D eigenvalue weighted by Crippen LogP contribution is -2.50. The van der Waals surface area contributed by atoms with Crippen LogP contribution in [0, 0.1) is 0 Å². The molecule has 2 rings (SSSR count). The SMILES string of the molecule is CCC(CC)c1cc(N2CCNC[C@@H]2C)ncn1. The van der Waals surface area contributed by atoms with E-state index in [9.17, 15) is 0 Å². The quantitative estimate of drug-likeness (QED) is 0.886. The first-order chi connectivity index (χ1) is 8.76. The van der Waals surface area contributed by atoms with Gasteiger partial charge in [0.2, 0.25) is 0 Å². The van der Waals surface area contributed by atoms with Gasteiger partial charge in [0.05, 0.1) is 0 Å². The number of anilines is 1. The number of piperazine rings is 1. The van der Waals surface area contributed by atoms with Crippen LogP contribution in [-0.2, 0) is 0 Å². The topological polar surface area (TPSA) is 41.0 Å². The summed E-state index contributed by atoms with van der Waals surface area (Å²) >= 11 is 0. The van der Waals surface area contributed by atoms with Crippen LogP contribution in [0.25, 0.3) is 0 Å². The van der Waals surface area contributed by atoms with Gasteiger partial charge in [-0.15, -0.1) is 0 Å². The molecule has 1 aromatic rings. The maximum absolute atomic E-state index is 4.45. The van der Waals surface area contributed by atoms with E-state index in [-0.39, 0.29) is 0 Å². The van der Waals surface area contributed by atoms with Gasteiger partial charge in [-0.1, -0.05) is 13.8 Å². The summed E-state index contributed by atoms with van der Waals surface area (Å²) in [7, 11) is 0. The van der Waals surface area contributed by atoms with Crippen molar-refractivity contribution in [1.29, 1.82) is 0 Å². The van der Waals surface area contributed by atoms with Gasteiger partial charge in [-0.25, -0.2) is 9.97 Å². The van der Waals surface area contributed by atoms with E-state index in [0.29, 0.717) is 12.0 Å². The van der Waals surface area contributed by atoms with E-state index >= 15 is 0 Å². The normalized spacial score (nSPS) is 20.4. The zero-order valence-corrected chi connectivity index (χ0v) is 11.7. The number of aromatic nitrogens is 2. The van der Waals surface area contributed by atoms with Crippen molar-refractivity contribution >= 4 is 5.82 Å². The molecule has 4 nitrogen and oxygen atoms in total. The summed E-state index contributed by atoms with van der Waals surface area (Å²) in [5.74, 6) is 1.64. The third-order valence-corrected chi connectivity index (χ3v) is 3.87. The Morgan fingerprint density at radius 3 is 2.83 bits per heavy atom. The highest BCUT2D eigenvalue weighted by atomic mass is 15.3. The van der Waals surface area contributed by atoms with Crippen LogP contribution in [0.2, 0.25) is 0 Å². The van der Waals surface area contributed by atoms with E-state index < -0.39 is 0 Å². The maximum Gasteiger partial charge on any atom is 0.132 e. The lowest BCUT2D eigenvalue weighted by molar-refractivity contribution is 0.496. The molecule has 1 aliphatic rings. The number of hydrogen-bond acceptors (Lipinski definition) is 4. The number of hydrogen-bond donors (Lipinski definition) is 1. The molecule has 0 aliphatic carbocycles. The smallest absolute Gasteiger partial charge is 0.132 e. The number of nitrogens with one attached hydrogen (secondary N) is 1. The highest BCUT2D eigenvalue weighted by molar-refractivity contribution is 5.41. The molecule has 100 valence electrons. The molecule has 0 aromatic carbocycles. The van der Waals surface area contributed by atoms with Crippen molar-refractivity contribution < 1.29 is 0 Å². The monoisotopic (exact) mass is 248 g/mol. The van der Waals surface area contributed by atoms with Crippen molar-refractivity contribution in [3.8, 4) is 0 Å². The summed E-state index contributed by atoms with van der Waals surface area (Å²) < 4.78 is 0. The fourth-order valence-corrected chi connectivity index (χ4v) is 2.63. The van der Waals surface area contributed by atoms with Crippen LogP contribution in [0.3, 0.4) is 0 Å². The minimum Gasteiger partial charge on any atom is -0.351 e. The van der Waals surface area contributed by atoms with Crippen molar-refractivity contribution in [3.05, 3.63) is 18.1 Å². The second-order valence-electron chi connectivity index (χ2n) is 5.06. The van der Waals surface area contributed by atoms with E-state index in [0.717, 1.165) is 38.3 Å². The third-order valence-electron chi connectivity index (χ3n) is 3.87. The van der Waals surface area contributed by atoms with Crippen molar-refractivity contribution in [2.24, 2.45) is 0 Å². The van der Waals surface area contributed by atoms with Gasteiger partial charge < -0.3 is 10.2 Å². The Morgan fingerprint density at radius 1 is 1.39 bits per heavy atom. The Labute approximate surface area is 110 Å². The fraction of sp³-hybridized carbons (Fsp3) is 0.714. The molecule has 1 aromatic heterocycles. The summed E-state index contributed by atoms with van der Waals surface area (Å²) in [6.45, 7) is 9.79. The van der Waals surface area contributed by atoms with Crippen molar-refractivity contribution in [3.63, 3.8) is 0 Å². The van der Waals surface area contributed by atoms with Crippen molar-refractivity contribution in [2.75, 3.05) is 24.5 Å². The first kappa shape index (κ1) is 13.3. The van der Waals surface area contributed by atoms with Crippen LogP contribution in [0.15, 0.2) is 12.4 Å². The molecule has 0 saturated carbocycles. The summed E-state index contributed by atoms with van der Waals surface area (Å²) in [4.78, 5) is 11.3. The summed E-state index contributed by atoms with van der Waals surface area (Å²) in [6.07, 6.45) is 4.01. The van der Waals surface area contributed by atoms with Gasteiger partial charge in [0.15, 0.2) is 0 Å². The average Bonchev–Trinajstić information content (AvgIpc) is 2.41. The summed E-state index contributed by atoms with van der Waals surface area (Å²) in [5.41, 5.74) is 1.19. The molecular weight excluding hydrogens is 224 g/mol. The molecule has 0 bridgehead atoms.